The van der Waals surface area contributed by atoms with Crippen molar-refractivity contribution in [1.82, 2.24) is 5.32 Å². The van der Waals surface area contributed by atoms with Crippen molar-refractivity contribution in [2.45, 2.75) is 25.3 Å². The summed E-state index contributed by atoms with van der Waals surface area (Å²) in [5, 5.41) is 15.5. The molecule has 1 aliphatic heterocycles. The van der Waals surface area contributed by atoms with Gasteiger partial charge in [-0.05, 0) is 65.9 Å². The first-order valence-electron chi connectivity index (χ1n) is 12.5. The van der Waals surface area contributed by atoms with Crippen molar-refractivity contribution in [2.75, 3.05) is 24.5 Å². The summed E-state index contributed by atoms with van der Waals surface area (Å²) < 4.78 is 14.9. The van der Waals surface area contributed by atoms with Gasteiger partial charge >= 0.3 is 5.97 Å². The second kappa shape index (κ2) is 10.5. The van der Waals surface area contributed by atoms with E-state index in [0.29, 0.717) is 18.2 Å². The van der Waals surface area contributed by atoms with Gasteiger partial charge in [-0.3, -0.25) is 0 Å². The van der Waals surface area contributed by atoms with E-state index in [0.717, 1.165) is 25.6 Å². The Labute approximate surface area is 211 Å². The SMILES string of the molecule is C[C@@H](NCC1CCN(c2ccc(C(=O)O)cc2F)CC1c1ccccc1)c1cccc2ccccc12. The number of hydrogen-bond acceptors (Lipinski definition) is 3. The molecule has 4 aromatic carbocycles. The average Bonchev–Trinajstić information content (AvgIpc) is 2.91. The zero-order chi connectivity index (χ0) is 25.1. The maximum atomic E-state index is 14.9. The summed E-state index contributed by atoms with van der Waals surface area (Å²) in [5.74, 6) is -0.983. The molecule has 0 saturated carbocycles. The largest absolute Gasteiger partial charge is 0.478 e. The minimum Gasteiger partial charge on any atom is -0.478 e. The van der Waals surface area contributed by atoms with Crippen LogP contribution >= 0.6 is 0 Å². The highest BCUT2D eigenvalue weighted by Gasteiger charge is 2.32. The van der Waals surface area contributed by atoms with Crippen molar-refractivity contribution in [3.63, 3.8) is 0 Å². The number of rotatable bonds is 7. The van der Waals surface area contributed by atoms with Gasteiger partial charge in [0, 0.05) is 25.0 Å². The van der Waals surface area contributed by atoms with Crippen molar-refractivity contribution in [1.29, 1.82) is 0 Å². The normalized spacial score (nSPS) is 18.8. The van der Waals surface area contributed by atoms with Gasteiger partial charge < -0.3 is 15.3 Å². The summed E-state index contributed by atoms with van der Waals surface area (Å²) >= 11 is 0. The molecule has 3 atom stereocenters. The molecule has 0 amide bonds. The van der Waals surface area contributed by atoms with Gasteiger partial charge in [-0.2, -0.15) is 0 Å². The molecular weight excluding hydrogens is 451 g/mol. The number of carboxylic acids is 1. The van der Waals surface area contributed by atoms with Crippen LogP contribution < -0.4 is 10.2 Å². The van der Waals surface area contributed by atoms with Gasteiger partial charge in [0.2, 0.25) is 0 Å². The summed E-state index contributed by atoms with van der Waals surface area (Å²) in [4.78, 5) is 13.3. The van der Waals surface area contributed by atoms with Crippen LogP contribution in [0, 0.1) is 11.7 Å². The van der Waals surface area contributed by atoms with E-state index in [-0.39, 0.29) is 17.5 Å². The van der Waals surface area contributed by atoms with Gasteiger partial charge in [0.05, 0.1) is 11.3 Å². The lowest BCUT2D eigenvalue weighted by atomic mass is 9.80. The number of nitrogens with one attached hydrogen (secondary N) is 1. The quantitative estimate of drug-likeness (QED) is 0.310. The number of benzene rings is 4. The highest BCUT2D eigenvalue weighted by Crippen LogP contribution is 2.36. The third kappa shape index (κ3) is 4.98. The topological polar surface area (TPSA) is 52.6 Å². The van der Waals surface area contributed by atoms with Crippen LogP contribution in [0.5, 0.6) is 0 Å². The van der Waals surface area contributed by atoms with Crippen LogP contribution in [0.15, 0.2) is 91.0 Å². The van der Waals surface area contributed by atoms with Crippen molar-refractivity contribution in [2.24, 2.45) is 5.92 Å². The summed E-state index contributed by atoms with van der Waals surface area (Å²) in [6.45, 7) is 4.48. The number of halogens is 1. The Bertz CT molecular complexity index is 1350. The predicted octanol–water partition coefficient (Wildman–Crippen LogP) is 6.64. The number of carbonyl (C=O) groups is 1. The lowest BCUT2D eigenvalue weighted by molar-refractivity contribution is 0.0696. The molecule has 0 spiro atoms. The van der Waals surface area contributed by atoms with Crippen LogP contribution in [-0.2, 0) is 0 Å². The molecule has 2 N–H and O–H groups in total. The van der Waals surface area contributed by atoms with Gasteiger partial charge in [0.15, 0.2) is 0 Å². The van der Waals surface area contributed by atoms with Crippen LogP contribution in [0.1, 0.15) is 46.8 Å². The summed E-state index contributed by atoms with van der Waals surface area (Å²) in [6.07, 6.45) is 0.912. The first-order valence-corrected chi connectivity index (χ1v) is 12.5. The number of nitrogens with zero attached hydrogens (tertiary/aromatic N) is 1. The highest BCUT2D eigenvalue weighted by molar-refractivity contribution is 5.88. The monoisotopic (exact) mass is 482 g/mol. The van der Waals surface area contributed by atoms with E-state index in [1.807, 2.05) is 6.07 Å². The fraction of sp³-hybridized carbons (Fsp3) is 0.258. The summed E-state index contributed by atoms with van der Waals surface area (Å²) in [6, 6.07) is 29.8. The van der Waals surface area contributed by atoms with Crippen LogP contribution in [0.2, 0.25) is 0 Å². The molecule has 0 aliphatic carbocycles. The Kier molecular flexibility index (Phi) is 7.01. The van der Waals surface area contributed by atoms with E-state index in [9.17, 15) is 14.3 Å². The second-order valence-corrected chi connectivity index (χ2v) is 9.68. The Morgan fingerprint density at radius 2 is 1.78 bits per heavy atom. The summed E-state index contributed by atoms with van der Waals surface area (Å²) in [5.41, 5.74) is 2.98. The van der Waals surface area contributed by atoms with Crippen LogP contribution in [-0.4, -0.2) is 30.7 Å². The lowest BCUT2D eigenvalue weighted by Crippen LogP contribution is -2.43. The number of carboxylic acid groups (broad SMARTS) is 1. The molecule has 0 radical (unpaired) electrons. The minimum absolute atomic E-state index is 0.0302. The average molecular weight is 483 g/mol. The molecule has 0 aromatic heterocycles. The molecular formula is C31H31FN2O2. The predicted molar refractivity (Wildman–Crippen MR) is 143 cm³/mol. The number of hydrogen-bond donors (Lipinski definition) is 2. The molecule has 1 saturated heterocycles. The molecule has 4 nitrogen and oxygen atoms in total. The highest BCUT2D eigenvalue weighted by atomic mass is 19.1. The van der Waals surface area contributed by atoms with Crippen LogP contribution in [0.4, 0.5) is 10.1 Å². The van der Waals surface area contributed by atoms with Gasteiger partial charge in [-0.25, -0.2) is 9.18 Å². The summed E-state index contributed by atoms with van der Waals surface area (Å²) in [7, 11) is 0. The molecule has 2 unspecified atom stereocenters. The van der Waals surface area contributed by atoms with E-state index in [2.05, 4.69) is 83.9 Å². The van der Waals surface area contributed by atoms with E-state index in [4.69, 9.17) is 0 Å². The fourth-order valence-electron chi connectivity index (χ4n) is 5.50. The molecule has 0 bridgehead atoms. The third-order valence-electron chi connectivity index (χ3n) is 7.50. The Balaban J connectivity index is 1.35. The molecule has 184 valence electrons. The van der Waals surface area contributed by atoms with Gasteiger partial charge in [-0.1, -0.05) is 72.8 Å². The molecule has 4 aromatic rings. The van der Waals surface area contributed by atoms with Gasteiger partial charge in [0.25, 0.3) is 0 Å². The number of piperidine rings is 1. The first kappa shape index (κ1) is 24.0. The zero-order valence-corrected chi connectivity index (χ0v) is 20.4. The first-order chi connectivity index (χ1) is 17.5. The van der Waals surface area contributed by atoms with Crippen LogP contribution in [0.3, 0.4) is 0 Å². The van der Waals surface area contributed by atoms with Crippen molar-refractivity contribution >= 4 is 22.4 Å². The Morgan fingerprint density at radius 3 is 2.56 bits per heavy atom. The fourth-order valence-corrected chi connectivity index (χ4v) is 5.50. The minimum atomic E-state index is -1.12. The van der Waals surface area contributed by atoms with E-state index < -0.39 is 11.8 Å². The molecule has 5 heteroatoms. The second-order valence-electron chi connectivity index (χ2n) is 9.68. The number of anilines is 1. The molecule has 1 fully saturated rings. The van der Waals surface area contributed by atoms with Crippen LogP contribution in [0.25, 0.3) is 10.8 Å². The van der Waals surface area contributed by atoms with Gasteiger partial charge in [-0.15, -0.1) is 0 Å². The maximum Gasteiger partial charge on any atom is 0.335 e. The zero-order valence-electron chi connectivity index (χ0n) is 20.4. The van der Waals surface area contributed by atoms with E-state index in [1.165, 1.54) is 28.0 Å². The Hall–Kier alpha value is -3.70. The van der Waals surface area contributed by atoms with Crippen molar-refractivity contribution in [3.05, 3.63) is 114 Å². The number of aromatic carboxylic acids is 1. The Morgan fingerprint density at radius 1 is 1.03 bits per heavy atom. The third-order valence-corrected chi connectivity index (χ3v) is 7.50. The molecule has 5 rings (SSSR count). The van der Waals surface area contributed by atoms with Crippen molar-refractivity contribution in [3.8, 4) is 0 Å². The van der Waals surface area contributed by atoms with Crippen molar-refractivity contribution < 1.29 is 14.3 Å². The molecule has 1 aliphatic rings. The van der Waals surface area contributed by atoms with E-state index >= 15 is 0 Å². The van der Waals surface area contributed by atoms with E-state index in [1.54, 1.807) is 6.07 Å². The lowest BCUT2D eigenvalue weighted by Gasteiger charge is -2.41. The molecule has 36 heavy (non-hydrogen) atoms. The smallest absolute Gasteiger partial charge is 0.335 e. The standard InChI is InChI=1S/C31H31FN2O2/c1-21(26-13-7-11-22-10-5-6-12-27(22)26)33-19-25-16-17-34(20-28(25)23-8-3-2-4-9-23)30-15-14-24(31(35)36)18-29(30)32/h2-15,18,21,25,28,33H,16-17,19-20H2,1H3,(H,35,36)/t21-,25?,28?/m1/s1. The number of fused-ring (bicyclic) bond motifs is 1. The molecule has 1 heterocycles. The maximum absolute atomic E-state index is 14.9. The van der Waals surface area contributed by atoms with Gasteiger partial charge in [0.1, 0.15) is 5.82 Å².